The van der Waals surface area contributed by atoms with E-state index in [2.05, 4.69) is 10.3 Å². The first kappa shape index (κ1) is 18.7. The molecule has 1 N–H and O–H groups in total. The lowest BCUT2D eigenvalue weighted by molar-refractivity contribution is -0.384. The monoisotopic (exact) mass is 381 g/mol. The Hall–Kier alpha value is -3.06. The highest BCUT2D eigenvalue weighted by atomic mass is 32.1. The molecule has 7 heteroatoms. The van der Waals surface area contributed by atoms with Gasteiger partial charge in [0.15, 0.2) is 0 Å². The molecule has 0 saturated carbocycles. The smallest absolute Gasteiger partial charge is 0.269 e. The lowest BCUT2D eigenvalue weighted by Crippen LogP contribution is -2.27. The molecule has 2 aromatic carbocycles. The molecule has 1 amide bonds. The van der Waals surface area contributed by atoms with Gasteiger partial charge in [0, 0.05) is 22.6 Å². The number of nitrogens with one attached hydrogen (secondary N) is 1. The standard InChI is InChI=1S/C20H19N3O3S/c1-13(15-8-10-17(11-9-15)23(25)26)19(24)21-12-18-14(2)22-20(27-18)16-6-4-3-5-7-16/h3-11,13H,12H2,1-2H3,(H,21,24). The van der Waals surface area contributed by atoms with Crippen molar-refractivity contribution in [3.63, 3.8) is 0 Å². The summed E-state index contributed by atoms with van der Waals surface area (Å²) >= 11 is 1.57. The SMILES string of the molecule is Cc1nc(-c2ccccc2)sc1CNC(=O)C(C)c1ccc([N+](=O)[O-])cc1. The van der Waals surface area contributed by atoms with Crippen LogP contribution in [-0.2, 0) is 11.3 Å². The summed E-state index contributed by atoms with van der Waals surface area (Å²) in [4.78, 5) is 28.3. The molecule has 0 bridgehead atoms. The van der Waals surface area contributed by atoms with Crippen molar-refractivity contribution >= 4 is 22.9 Å². The summed E-state index contributed by atoms with van der Waals surface area (Å²) in [6.45, 7) is 4.13. The number of carbonyl (C=O) groups is 1. The van der Waals surface area contributed by atoms with Gasteiger partial charge in [-0.3, -0.25) is 14.9 Å². The number of thiazole rings is 1. The summed E-state index contributed by atoms with van der Waals surface area (Å²) in [5.41, 5.74) is 2.72. The number of aromatic nitrogens is 1. The van der Waals surface area contributed by atoms with Crippen molar-refractivity contribution in [2.24, 2.45) is 0 Å². The highest BCUT2D eigenvalue weighted by Gasteiger charge is 2.17. The average molecular weight is 381 g/mol. The van der Waals surface area contributed by atoms with E-state index in [4.69, 9.17) is 0 Å². The second-order valence-corrected chi connectivity index (χ2v) is 7.27. The second kappa shape index (κ2) is 8.09. The Balaban J connectivity index is 1.65. The van der Waals surface area contributed by atoms with Gasteiger partial charge >= 0.3 is 0 Å². The van der Waals surface area contributed by atoms with Crippen molar-refractivity contribution in [1.29, 1.82) is 0 Å². The Labute approximate surface area is 161 Å². The maximum absolute atomic E-state index is 12.5. The summed E-state index contributed by atoms with van der Waals surface area (Å²) in [5.74, 6) is -0.523. The predicted octanol–water partition coefficient (Wildman–Crippen LogP) is 4.45. The Morgan fingerprint density at radius 2 is 1.85 bits per heavy atom. The molecule has 6 nitrogen and oxygen atoms in total. The van der Waals surface area contributed by atoms with Crippen LogP contribution in [0.5, 0.6) is 0 Å². The first-order valence-corrected chi connectivity index (χ1v) is 9.31. The minimum absolute atomic E-state index is 0.0140. The molecule has 3 aromatic rings. The van der Waals surface area contributed by atoms with E-state index in [1.807, 2.05) is 37.3 Å². The first-order valence-electron chi connectivity index (χ1n) is 8.49. The molecule has 1 atom stereocenters. The molecule has 0 spiro atoms. The van der Waals surface area contributed by atoms with Crippen LogP contribution in [0.4, 0.5) is 5.69 Å². The topological polar surface area (TPSA) is 85.1 Å². The van der Waals surface area contributed by atoms with Crippen LogP contribution in [0.3, 0.4) is 0 Å². The predicted molar refractivity (Wildman–Crippen MR) is 106 cm³/mol. The van der Waals surface area contributed by atoms with Crippen molar-refractivity contribution in [3.8, 4) is 10.6 Å². The highest BCUT2D eigenvalue weighted by Crippen LogP contribution is 2.28. The molecule has 0 fully saturated rings. The van der Waals surface area contributed by atoms with Gasteiger partial charge in [0.2, 0.25) is 5.91 Å². The quantitative estimate of drug-likeness (QED) is 0.505. The second-order valence-electron chi connectivity index (χ2n) is 6.18. The van der Waals surface area contributed by atoms with Crippen LogP contribution in [0.25, 0.3) is 10.6 Å². The number of rotatable bonds is 6. The number of nitro benzene ring substituents is 1. The summed E-state index contributed by atoms with van der Waals surface area (Å²) in [7, 11) is 0. The van der Waals surface area contributed by atoms with Crippen LogP contribution in [0, 0.1) is 17.0 Å². The number of aryl methyl sites for hydroxylation is 1. The first-order chi connectivity index (χ1) is 13.0. The van der Waals surface area contributed by atoms with E-state index in [1.54, 1.807) is 30.4 Å². The fourth-order valence-corrected chi connectivity index (χ4v) is 3.66. The largest absolute Gasteiger partial charge is 0.351 e. The van der Waals surface area contributed by atoms with E-state index in [1.165, 1.54) is 12.1 Å². The van der Waals surface area contributed by atoms with E-state index in [0.29, 0.717) is 6.54 Å². The fraction of sp³-hybridized carbons (Fsp3) is 0.200. The Morgan fingerprint density at radius 1 is 1.19 bits per heavy atom. The lowest BCUT2D eigenvalue weighted by atomic mass is 10.00. The van der Waals surface area contributed by atoms with E-state index in [9.17, 15) is 14.9 Å². The summed E-state index contributed by atoms with van der Waals surface area (Å²) < 4.78 is 0. The number of amides is 1. The Bertz CT molecular complexity index is 952. The third-order valence-corrected chi connectivity index (χ3v) is 5.54. The van der Waals surface area contributed by atoms with Gasteiger partial charge in [-0.15, -0.1) is 11.3 Å². The molecule has 0 aliphatic carbocycles. The average Bonchev–Trinajstić information content (AvgIpc) is 3.07. The zero-order valence-corrected chi connectivity index (χ0v) is 15.8. The summed E-state index contributed by atoms with van der Waals surface area (Å²) in [6, 6.07) is 16.0. The number of non-ortho nitro benzene ring substituents is 1. The maximum Gasteiger partial charge on any atom is 0.269 e. The van der Waals surface area contributed by atoms with Crippen LogP contribution >= 0.6 is 11.3 Å². The number of nitrogens with zero attached hydrogens (tertiary/aromatic N) is 2. The normalized spacial score (nSPS) is 11.8. The minimum atomic E-state index is -0.453. The van der Waals surface area contributed by atoms with Gasteiger partial charge in [0.05, 0.1) is 23.1 Å². The molecule has 138 valence electrons. The maximum atomic E-state index is 12.5. The van der Waals surface area contributed by atoms with Crippen molar-refractivity contribution in [2.75, 3.05) is 0 Å². The zero-order valence-electron chi connectivity index (χ0n) is 15.0. The van der Waals surface area contributed by atoms with Crippen LogP contribution in [-0.4, -0.2) is 15.8 Å². The molecule has 0 aliphatic rings. The molecule has 0 aliphatic heterocycles. The molecule has 1 aromatic heterocycles. The number of hydrogen-bond acceptors (Lipinski definition) is 5. The molecule has 1 unspecified atom stereocenters. The van der Waals surface area contributed by atoms with E-state index in [-0.39, 0.29) is 11.6 Å². The molecule has 0 radical (unpaired) electrons. The van der Waals surface area contributed by atoms with Crippen LogP contribution < -0.4 is 5.32 Å². The summed E-state index contributed by atoms with van der Waals surface area (Å²) in [5, 5.41) is 14.6. The third-order valence-electron chi connectivity index (χ3n) is 4.33. The van der Waals surface area contributed by atoms with E-state index >= 15 is 0 Å². The van der Waals surface area contributed by atoms with Crippen molar-refractivity contribution in [1.82, 2.24) is 10.3 Å². The van der Waals surface area contributed by atoms with Crippen molar-refractivity contribution < 1.29 is 9.72 Å². The van der Waals surface area contributed by atoms with Gasteiger partial charge in [-0.05, 0) is 19.4 Å². The number of benzene rings is 2. The van der Waals surface area contributed by atoms with Gasteiger partial charge in [-0.1, -0.05) is 42.5 Å². The number of carbonyl (C=O) groups excluding carboxylic acids is 1. The molecule has 1 heterocycles. The van der Waals surface area contributed by atoms with Gasteiger partial charge in [0.1, 0.15) is 5.01 Å². The fourth-order valence-electron chi connectivity index (χ4n) is 2.65. The summed E-state index contributed by atoms with van der Waals surface area (Å²) in [6.07, 6.45) is 0. The minimum Gasteiger partial charge on any atom is -0.351 e. The molecule has 0 saturated heterocycles. The van der Waals surface area contributed by atoms with Crippen LogP contribution in [0.15, 0.2) is 54.6 Å². The van der Waals surface area contributed by atoms with Gasteiger partial charge in [0.25, 0.3) is 5.69 Å². The van der Waals surface area contributed by atoms with Gasteiger partial charge in [-0.2, -0.15) is 0 Å². The third kappa shape index (κ3) is 4.38. The van der Waals surface area contributed by atoms with Crippen molar-refractivity contribution in [2.45, 2.75) is 26.3 Å². The lowest BCUT2D eigenvalue weighted by Gasteiger charge is -2.12. The molecule has 27 heavy (non-hydrogen) atoms. The van der Waals surface area contributed by atoms with Crippen LogP contribution in [0.2, 0.25) is 0 Å². The highest BCUT2D eigenvalue weighted by molar-refractivity contribution is 7.15. The molecular weight excluding hydrogens is 362 g/mol. The molecular formula is C20H19N3O3S. The van der Waals surface area contributed by atoms with Gasteiger partial charge < -0.3 is 5.32 Å². The molecule has 3 rings (SSSR count). The van der Waals surface area contributed by atoms with E-state index < -0.39 is 10.8 Å². The van der Waals surface area contributed by atoms with E-state index in [0.717, 1.165) is 26.7 Å². The number of hydrogen-bond donors (Lipinski definition) is 1. The zero-order chi connectivity index (χ0) is 19.4. The Morgan fingerprint density at radius 3 is 2.48 bits per heavy atom. The number of nitro groups is 1. The Kier molecular flexibility index (Phi) is 5.61. The van der Waals surface area contributed by atoms with Crippen LogP contribution in [0.1, 0.15) is 29.0 Å². The van der Waals surface area contributed by atoms with Crippen molar-refractivity contribution in [3.05, 3.63) is 80.8 Å². The van der Waals surface area contributed by atoms with Gasteiger partial charge in [-0.25, -0.2) is 4.98 Å².